The van der Waals surface area contributed by atoms with Crippen LogP contribution < -0.4 is 0 Å². The Labute approximate surface area is 183 Å². The SMILES string of the molecule is C.C.CCC(=O)N1C(CC)COC1(C)C.CCC1COC(C)(C)N1C(=O)C(C)=[N+]=[N-]. The molecular formula is C22H44N4O4. The molecule has 30 heavy (non-hydrogen) atoms. The summed E-state index contributed by atoms with van der Waals surface area (Å²) in [5.41, 5.74) is 7.65. The van der Waals surface area contributed by atoms with Crippen LogP contribution in [0.25, 0.3) is 5.53 Å². The quantitative estimate of drug-likeness (QED) is 0.383. The molecule has 8 nitrogen and oxygen atoms in total. The molecule has 0 aliphatic carbocycles. The predicted molar refractivity (Wildman–Crippen MR) is 120 cm³/mol. The van der Waals surface area contributed by atoms with Gasteiger partial charge in [0.1, 0.15) is 11.4 Å². The number of hydrogen-bond acceptors (Lipinski definition) is 4. The summed E-state index contributed by atoms with van der Waals surface area (Å²) in [7, 11) is 0. The topological polar surface area (TPSA) is 95.5 Å². The van der Waals surface area contributed by atoms with Gasteiger partial charge in [-0.15, -0.1) is 0 Å². The Hall–Kier alpha value is -1.76. The first-order valence-electron chi connectivity index (χ1n) is 10.1. The van der Waals surface area contributed by atoms with Crippen molar-refractivity contribution in [2.45, 2.75) is 113 Å². The molecule has 2 aliphatic rings. The lowest BCUT2D eigenvalue weighted by molar-refractivity contribution is -0.146. The van der Waals surface area contributed by atoms with Gasteiger partial charge in [0, 0.05) is 13.3 Å². The molecule has 0 spiro atoms. The Morgan fingerprint density at radius 1 is 0.933 bits per heavy atom. The van der Waals surface area contributed by atoms with Crippen LogP contribution in [0.4, 0.5) is 0 Å². The van der Waals surface area contributed by atoms with Gasteiger partial charge in [0.15, 0.2) is 0 Å². The molecule has 0 radical (unpaired) electrons. The highest BCUT2D eigenvalue weighted by atomic mass is 16.5. The summed E-state index contributed by atoms with van der Waals surface area (Å²) in [4.78, 5) is 30.0. The lowest BCUT2D eigenvalue weighted by atomic mass is 10.1. The highest BCUT2D eigenvalue weighted by Crippen LogP contribution is 2.30. The van der Waals surface area contributed by atoms with E-state index in [-0.39, 0.29) is 44.5 Å². The molecule has 2 fully saturated rings. The second-order valence-electron chi connectivity index (χ2n) is 8.12. The molecule has 2 aliphatic heterocycles. The van der Waals surface area contributed by atoms with Crippen LogP contribution in [0.3, 0.4) is 0 Å². The van der Waals surface area contributed by atoms with E-state index in [0.717, 1.165) is 12.8 Å². The molecule has 0 aromatic rings. The third-order valence-corrected chi connectivity index (χ3v) is 5.34. The van der Waals surface area contributed by atoms with Gasteiger partial charge in [-0.2, -0.15) is 4.79 Å². The molecule has 0 bridgehead atoms. The van der Waals surface area contributed by atoms with E-state index in [1.165, 1.54) is 6.92 Å². The van der Waals surface area contributed by atoms with Gasteiger partial charge in [-0.25, -0.2) is 0 Å². The second kappa shape index (κ2) is 12.2. The average Bonchev–Trinajstić information content (AvgIpc) is 3.14. The van der Waals surface area contributed by atoms with Gasteiger partial charge in [0.05, 0.1) is 25.3 Å². The summed E-state index contributed by atoms with van der Waals surface area (Å²) in [6.07, 6.45) is 2.35. The zero-order valence-corrected chi connectivity index (χ0v) is 18.6. The van der Waals surface area contributed by atoms with Crippen molar-refractivity contribution < 1.29 is 23.9 Å². The molecule has 0 aromatic heterocycles. The van der Waals surface area contributed by atoms with Gasteiger partial charge < -0.3 is 19.9 Å². The summed E-state index contributed by atoms with van der Waals surface area (Å²) in [6, 6.07) is 0.326. The normalized spacial score (nSPS) is 23.3. The maximum atomic E-state index is 11.9. The van der Waals surface area contributed by atoms with Crippen molar-refractivity contribution in [2.75, 3.05) is 13.2 Å². The predicted octanol–water partition coefficient (Wildman–Crippen LogP) is 4.09. The number of rotatable bonds is 4. The molecule has 2 amide bonds. The number of carbonyl (C=O) groups excluding carboxylic acids is 2. The number of ether oxygens (including phenoxy) is 2. The minimum absolute atomic E-state index is 0. The van der Waals surface area contributed by atoms with Crippen molar-refractivity contribution in [3.63, 3.8) is 0 Å². The molecule has 2 rings (SSSR count). The van der Waals surface area contributed by atoms with E-state index in [1.54, 1.807) is 4.90 Å². The van der Waals surface area contributed by atoms with Crippen LogP contribution in [-0.2, 0) is 19.1 Å². The first kappa shape index (κ1) is 30.4. The van der Waals surface area contributed by atoms with Crippen molar-refractivity contribution in [3.05, 3.63) is 5.53 Å². The summed E-state index contributed by atoms with van der Waals surface area (Å²) in [5.74, 6) is -0.0822. The Bertz CT molecular complexity index is 627. The van der Waals surface area contributed by atoms with Crippen LogP contribution >= 0.6 is 0 Å². The zero-order chi connectivity index (χ0) is 21.7. The highest BCUT2D eigenvalue weighted by Gasteiger charge is 2.45. The molecule has 2 unspecified atom stereocenters. The molecule has 0 N–H and O–H groups in total. The van der Waals surface area contributed by atoms with Crippen molar-refractivity contribution >= 4 is 17.5 Å². The third kappa shape index (κ3) is 6.62. The number of amides is 2. The smallest absolute Gasteiger partial charge is 0.353 e. The van der Waals surface area contributed by atoms with Crippen LogP contribution in [0.1, 0.15) is 89.5 Å². The number of carbonyl (C=O) groups is 2. The fourth-order valence-corrected chi connectivity index (χ4v) is 3.67. The lowest BCUT2D eigenvalue weighted by Gasteiger charge is -2.33. The number of nitrogens with zero attached hydrogens (tertiary/aromatic N) is 4. The van der Waals surface area contributed by atoms with Crippen LogP contribution in [0, 0.1) is 0 Å². The van der Waals surface area contributed by atoms with Crippen molar-refractivity contribution in [1.29, 1.82) is 0 Å². The summed E-state index contributed by atoms with van der Waals surface area (Å²) >= 11 is 0. The molecule has 2 heterocycles. The first-order valence-corrected chi connectivity index (χ1v) is 10.1. The first-order chi connectivity index (χ1) is 13.0. The third-order valence-electron chi connectivity index (χ3n) is 5.34. The molecular weight excluding hydrogens is 384 g/mol. The summed E-state index contributed by atoms with van der Waals surface area (Å²) in [6.45, 7) is 16.3. The van der Waals surface area contributed by atoms with E-state index < -0.39 is 11.4 Å². The Balaban J connectivity index is 0. The van der Waals surface area contributed by atoms with Crippen LogP contribution in [0.15, 0.2) is 0 Å². The Morgan fingerprint density at radius 2 is 1.33 bits per heavy atom. The van der Waals surface area contributed by atoms with Crippen LogP contribution in [0.5, 0.6) is 0 Å². The highest BCUT2D eigenvalue weighted by molar-refractivity contribution is 6.35. The molecule has 0 saturated carbocycles. The largest absolute Gasteiger partial charge is 0.361 e. The van der Waals surface area contributed by atoms with Crippen molar-refractivity contribution in [2.24, 2.45) is 0 Å². The fourth-order valence-electron chi connectivity index (χ4n) is 3.67. The Kier molecular flexibility index (Phi) is 12.4. The van der Waals surface area contributed by atoms with E-state index in [1.807, 2.05) is 46.4 Å². The lowest BCUT2D eigenvalue weighted by Crippen LogP contribution is -2.50. The molecule has 0 aromatic carbocycles. The summed E-state index contributed by atoms with van der Waals surface area (Å²) < 4.78 is 11.1. The van der Waals surface area contributed by atoms with Gasteiger partial charge >= 0.3 is 11.6 Å². The monoisotopic (exact) mass is 428 g/mol. The number of hydrogen-bond donors (Lipinski definition) is 0. The average molecular weight is 429 g/mol. The van der Waals surface area contributed by atoms with Gasteiger partial charge in [-0.05, 0) is 40.5 Å². The maximum absolute atomic E-state index is 11.9. The van der Waals surface area contributed by atoms with Gasteiger partial charge in [0.25, 0.3) is 0 Å². The minimum Gasteiger partial charge on any atom is -0.361 e. The molecule has 2 atom stereocenters. The van der Waals surface area contributed by atoms with Gasteiger partial charge in [0.2, 0.25) is 5.91 Å². The molecule has 176 valence electrons. The maximum Gasteiger partial charge on any atom is 0.353 e. The van der Waals surface area contributed by atoms with Crippen molar-refractivity contribution in [1.82, 2.24) is 9.80 Å². The van der Waals surface area contributed by atoms with Gasteiger partial charge in [-0.3, -0.25) is 14.5 Å². The van der Waals surface area contributed by atoms with Crippen LogP contribution in [0.2, 0.25) is 0 Å². The zero-order valence-electron chi connectivity index (χ0n) is 18.6. The standard InChI is InChI=1S/C10H17N3O2.C10H19NO2.2CH4/c1-5-8-6-15-10(3,4)13(8)9(14)7(2)12-11;1-5-8-7-13-10(3,4)11(8)9(12)6-2;;/h8H,5-6H2,1-4H3;8H,5-7H2,1-4H3;2*1H4. The molecule has 8 heteroatoms. The molecule has 2 saturated heterocycles. The van der Waals surface area contributed by atoms with Crippen LogP contribution in [-0.4, -0.2) is 68.9 Å². The summed E-state index contributed by atoms with van der Waals surface area (Å²) in [5, 5.41) is 0. The van der Waals surface area contributed by atoms with E-state index >= 15 is 0 Å². The van der Waals surface area contributed by atoms with E-state index in [4.69, 9.17) is 15.0 Å². The second-order valence-corrected chi connectivity index (χ2v) is 8.12. The van der Waals surface area contributed by atoms with E-state index in [9.17, 15) is 9.59 Å². The van der Waals surface area contributed by atoms with E-state index in [0.29, 0.717) is 19.6 Å². The minimum atomic E-state index is -0.621. The fraction of sp³-hybridized carbons (Fsp3) is 0.864. The van der Waals surface area contributed by atoms with Crippen molar-refractivity contribution in [3.8, 4) is 0 Å². The van der Waals surface area contributed by atoms with E-state index in [2.05, 4.69) is 11.7 Å². The Morgan fingerprint density at radius 3 is 1.70 bits per heavy atom. The van der Waals surface area contributed by atoms with Gasteiger partial charge in [-0.1, -0.05) is 35.6 Å².